The third kappa shape index (κ3) is 3.51. The van der Waals surface area contributed by atoms with E-state index in [2.05, 4.69) is 36.2 Å². The highest BCUT2D eigenvalue weighted by Gasteiger charge is 2.07. The highest BCUT2D eigenvalue weighted by molar-refractivity contribution is 7.80. The maximum Gasteiger partial charge on any atom is 0.173 e. The number of para-hydroxylation sites is 1. The van der Waals surface area contributed by atoms with Crippen molar-refractivity contribution >= 4 is 23.0 Å². The van der Waals surface area contributed by atoms with Gasteiger partial charge in [-0.05, 0) is 37.7 Å². The summed E-state index contributed by atoms with van der Waals surface area (Å²) in [6, 6.07) is 10.2. The molecule has 1 rings (SSSR count). The van der Waals surface area contributed by atoms with Crippen molar-refractivity contribution in [1.29, 1.82) is 0 Å². The number of benzene rings is 1. The van der Waals surface area contributed by atoms with Crippen molar-refractivity contribution in [3.8, 4) is 0 Å². The van der Waals surface area contributed by atoms with Crippen molar-refractivity contribution in [2.24, 2.45) is 0 Å². The van der Waals surface area contributed by atoms with Crippen molar-refractivity contribution in [2.45, 2.75) is 20.3 Å². The molecule has 0 atom stereocenters. The fourth-order valence-electron chi connectivity index (χ4n) is 1.38. The fourth-order valence-corrected chi connectivity index (χ4v) is 1.72. The highest BCUT2D eigenvalue weighted by Crippen LogP contribution is 2.12. The third-order valence-corrected chi connectivity index (χ3v) is 2.52. The van der Waals surface area contributed by atoms with E-state index in [1.165, 1.54) is 0 Å². The number of rotatable bonds is 4. The minimum absolute atomic E-state index is 0.811. The van der Waals surface area contributed by atoms with Crippen molar-refractivity contribution in [3.05, 3.63) is 30.3 Å². The van der Waals surface area contributed by atoms with Crippen LogP contribution >= 0.6 is 12.2 Å². The molecular weight excluding hydrogens is 204 g/mol. The van der Waals surface area contributed by atoms with Crippen LogP contribution in [0.1, 0.15) is 20.3 Å². The fraction of sp³-hybridized carbons (Fsp3) is 0.417. The topological polar surface area (TPSA) is 15.3 Å². The van der Waals surface area contributed by atoms with Crippen molar-refractivity contribution in [2.75, 3.05) is 18.0 Å². The van der Waals surface area contributed by atoms with E-state index in [0.717, 1.165) is 30.3 Å². The standard InChI is InChI=1S/C12H18N2S/c1-3-10-13-12(15)14(4-2)11-8-6-5-7-9-11/h5-9H,3-4,10H2,1-2H3,(H,13,15). The van der Waals surface area contributed by atoms with Gasteiger partial charge in [-0.15, -0.1) is 0 Å². The van der Waals surface area contributed by atoms with E-state index in [4.69, 9.17) is 12.2 Å². The summed E-state index contributed by atoms with van der Waals surface area (Å²) in [7, 11) is 0. The zero-order chi connectivity index (χ0) is 11.1. The van der Waals surface area contributed by atoms with Gasteiger partial charge in [0, 0.05) is 18.8 Å². The predicted octanol–water partition coefficient (Wildman–Crippen LogP) is 2.80. The van der Waals surface area contributed by atoms with Crippen LogP contribution in [-0.4, -0.2) is 18.2 Å². The van der Waals surface area contributed by atoms with Gasteiger partial charge in [-0.2, -0.15) is 0 Å². The van der Waals surface area contributed by atoms with Gasteiger partial charge in [0.15, 0.2) is 5.11 Å². The largest absolute Gasteiger partial charge is 0.362 e. The molecule has 0 aromatic heterocycles. The first-order chi connectivity index (χ1) is 7.29. The molecule has 1 N–H and O–H groups in total. The second kappa shape index (κ2) is 6.40. The maximum atomic E-state index is 5.34. The lowest BCUT2D eigenvalue weighted by Crippen LogP contribution is -2.40. The predicted molar refractivity (Wildman–Crippen MR) is 70.4 cm³/mol. The molecule has 1 aromatic rings. The SMILES string of the molecule is CCCNC(=S)N(CC)c1ccccc1. The third-order valence-electron chi connectivity index (χ3n) is 2.16. The van der Waals surface area contributed by atoms with Gasteiger partial charge in [0.1, 0.15) is 0 Å². The number of hydrogen-bond acceptors (Lipinski definition) is 1. The Morgan fingerprint density at radius 1 is 1.27 bits per heavy atom. The van der Waals surface area contributed by atoms with Gasteiger partial charge in [-0.3, -0.25) is 0 Å². The van der Waals surface area contributed by atoms with Gasteiger partial charge in [0.05, 0.1) is 0 Å². The van der Waals surface area contributed by atoms with Gasteiger partial charge >= 0.3 is 0 Å². The van der Waals surface area contributed by atoms with Crippen LogP contribution in [-0.2, 0) is 0 Å². The molecule has 0 saturated heterocycles. The second-order valence-electron chi connectivity index (χ2n) is 3.31. The van der Waals surface area contributed by atoms with Gasteiger partial charge < -0.3 is 10.2 Å². The van der Waals surface area contributed by atoms with Gasteiger partial charge in [0.25, 0.3) is 0 Å². The summed E-state index contributed by atoms with van der Waals surface area (Å²) in [5.41, 5.74) is 1.15. The summed E-state index contributed by atoms with van der Waals surface area (Å²) in [5, 5.41) is 4.05. The van der Waals surface area contributed by atoms with Crippen LogP contribution < -0.4 is 10.2 Å². The monoisotopic (exact) mass is 222 g/mol. The second-order valence-corrected chi connectivity index (χ2v) is 3.70. The van der Waals surface area contributed by atoms with Crippen LogP contribution in [0.15, 0.2) is 30.3 Å². The lowest BCUT2D eigenvalue weighted by atomic mass is 10.3. The Kier molecular flexibility index (Phi) is 5.12. The summed E-state index contributed by atoms with van der Waals surface area (Å²) < 4.78 is 0. The van der Waals surface area contributed by atoms with Crippen molar-refractivity contribution < 1.29 is 0 Å². The zero-order valence-corrected chi connectivity index (χ0v) is 10.2. The first-order valence-corrected chi connectivity index (χ1v) is 5.80. The first-order valence-electron chi connectivity index (χ1n) is 5.40. The van der Waals surface area contributed by atoms with Crippen molar-refractivity contribution in [1.82, 2.24) is 5.32 Å². The molecule has 0 aliphatic carbocycles. The summed E-state index contributed by atoms with van der Waals surface area (Å²) in [5.74, 6) is 0. The number of nitrogens with one attached hydrogen (secondary N) is 1. The number of thiocarbonyl (C=S) groups is 1. The first kappa shape index (κ1) is 12.0. The van der Waals surface area contributed by atoms with Gasteiger partial charge in [-0.1, -0.05) is 25.1 Å². The van der Waals surface area contributed by atoms with Crippen LogP contribution in [0.2, 0.25) is 0 Å². The Morgan fingerprint density at radius 3 is 2.47 bits per heavy atom. The number of nitrogens with zero attached hydrogens (tertiary/aromatic N) is 1. The maximum absolute atomic E-state index is 5.34. The average Bonchev–Trinajstić information content (AvgIpc) is 2.29. The van der Waals surface area contributed by atoms with Crippen LogP contribution in [0.5, 0.6) is 0 Å². The number of anilines is 1. The van der Waals surface area contributed by atoms with Crippen LogP contribution in [0.4, 0.5) is 5.69 Å². The van der Waals surface area contributed by atoms with E-state index in [-0.39, 0.29) is 0 Å². The molecule has 0 spiro atoms. The quantitative estimate of drug-likeness (QED) is 0.789. The van der Waals surface area contributed by atoms with E-state index >= 15 is 0 Å². The van der Waals surface area contributed by atoms with Crippen LogP contribution in [0, 0.1) is 0 Å². The molecule has 0 saturated carbocycles. The Bertz CT molecular complexity index is 298. The Labute approximate surface area is 97.3 Å². The lowest BCUT2D eigenvalue weighted by Gasteiger charge is -2.24. The highest BCUT2D eigenvalue weighted by atomic mass is 32.1. The molecule has 0 aliphatic heterocycles. The molecule has 0 heterocycles. The zero-order valence-electron chi connectivity index (χ0n) is 9.36. The summed E-state index contributed by atoms with van der Waals surface area (Å²) in [4.78, 5) is 2.10. The number of hydrogen-bond donors (Lipinski definition) is 1. The Balaban J connectivity index is 2.67. The van der Waals surface area contributed by atoms with Gasteiger partial charge in [0.2, 0.25) is 0 Å². The normalized spacial score (nSPS) is 9.73. The minimum atomic E-state index is 0.811. The van der Waals surface area contributed by atoms with E-state index in [9.17, 15) is 0 Å². The molecule has 0 radical (unpaired) electrons. The smallest absolute Gasteiger partial charge is 0.173 e. The van der Waals surface area contributed by atoms with Crippen LogP contribution in [0.25, 0.3) is 0 Å². The van der Waals surface area contributed by atoms with E-state index in [0.29, 0.717) is 0 Å². The minimum Gasteiger partial charge on any atom is -0.362 e. The van der Waals surface area contributed by atoms with Crippen molar-refractivity contribution in [3.63, 3.8) is 0 Å². The summed E-state index contributed by atoms with van der Waals surface area (Å²) in [6.07, 6.45) is 1.09. The van der Waals surface area contributed by atoms with Crippen LogP contribution in [0.3, 0.4) is 0 Å². The molecule has 15 heavy (non-hydrogen) atoms. The van der Waals surface area contributed by atoms with Gasteiger partial charge in [-0.25, -0.2) is 0 Å². The lowest BCUT2D eigenvalue weighted by molar-refractivity contribution is 0.829. The molecule has 2 nitrogen and oxygen atoms in total. The average molecular weight is 222 g/mol. The van der Waals surface area contributed by atoms with E-state index < -0.39 is 0 Å². The molecule has 0 bridgehead atoms. The summed E-state index contributed by atoms with van der Waals surface area (Å²) in [6.45, 7) is 6.06. The van der Waals surface area contributed by atoms with E-state index in [1.807, 2.05) is 18.2 Å². The molecule has 0 fully saturated rings. The van der Waals surface area contributed by atoms with E-state index in [1.54, 1.807) is 0 Å². The summed E-state index contributed by atoms with van der Waals surface area (Å²) >= 11 is 5.34. The Hall–Kier alpha value is -1.09. The molecule has 82 valence electrons. The molecular formula is C12H18N2S. The Morgan fingerprint density at radius 2 is 1.93 bits per heavy atom. The molecule has 0 aliphatic rings. The molecule has 3 heteroatoms. The molecule has 1 aromatic carbocycles. The molecule has 0 unspecified atom stereocenters. The molecule has 0 amide bonds.